The van der Waals surface area contributed by atoms with Crippen molar-refractivity contribution in [3.63, 3.8) is 0 Å². The Bertz CT molecular complexity index is 998. The second kappa shape index (κ2) is 7.56. The van der Waals surface area contributed by atoms with Crippen LogP contribution in [0.3, 0.4) is 0 Å². The molecule has 0 unspecified atom stereocenters. The van der Waals surface area contributed by atoms with Crippen LogP contribution in [0.5, 0.6) is 5.75 Å². The SMILES string of the molecule is CCCCCn1ccc2cc(-c3ccc(OC)c(N)n3)c(F)cc2c1=O. The number of ether oxygens (including phenoxy) is 1. The quantitative estimate of drug-likeness (QED) is 0.679. The highest BCUT2D eigenvalue weighted by Crippen LogP contribution is 2.28. The maximum absolute atomic E-state index is 14.7. The first kappa shape index (κ1) is 17.9. The van der Waals surface area contributed by atoms with Crippen LogP contribution in [0.25, 0.3) is 22.0 Å². The number of nitrogens with two attached hydrogens (primary N) is 1. The minimum absolute atomic E-state index is 0.175. The predicted octanol–water partition coefficient (Wildman–Crippen LogP) is 3.98. The van der Waals surface area contributed by atoms with Crippen molar-refractivity contribution >= 4 is 16.6 Å². The van der Waals surface area contributed by atoms with Crippen molar-refractivity contribution < 1.29 is 9.13 Å². The summed E-state index contributed by atoms with van der Waals surface area (Å²) in [6.07, 6.45) is 4.83. The van der Waals surface area contributed by atoms with Crippen molar-refractivity contribution in [2.45, 2.75) is 32.7 Å². The fourth-order valence-corrected chi connectivity index (χ4v) is 3.00. The number of pyridine rings is 2. The second-order valence-corrected chi connectivity index (χ2v) is 6.22. The Morgan fingerprint density at radius 2 is 2.04 bits per heavy atom. The smallest absolute Gasteiger partial charge is 0.258 e. The van der Waals surface area contributed by atoms with Crippen LogP contribution in [0.4, 0.5) is 10.2 Å². The van der Waals surface area contributed by atoms with Gasteiger partial charge in [-0.15, -0.1) is 0 Å². The van der Waals surface area contributed by atoms with Gasteiger partial charge in [-0.05, 0) is 42.1 Å². The highest BCUT2D eigenvalue weighted by Gasteiger charge is 2.13. The van der Waals surface area contributed by atoms with Crippen molar-refractivity contribution in [3.05, 3.63) is 52.7 Å². The third kappa shape index (κ3) is 3.40. The standard InChI is InChI=1S/C20H22FN3O2/c1-3-4-5-9-24-10-8-13-11-15(16(21)12-14(13)20(24)25)17-6-7-18(26-2)19(22)23-17/h6-8,10-12H,3-5,9H2,1-2H3,(H2,22,23). The number of anilines is 1. The van der Waals surface area contributed by atoms with Gasteiger partial charge in [0.25, 0.3) is 5.56 Å². The van der Waals surface area contributed by atoms with Gasteiger partial charge >= 0.3 is 0 Å². The monoisotopic (exact) mass is 355 g/mol. The van der Waals surface area contributed by atoms with Crippen molar-refractivity contribution in [2.75, 3.05) is 12.8 Å². The number of hydrogen-bond donors (Lipinski definition) is 1. The summed E-state index contributed by atoms with van der Waals surface area (Å²) in [5.41, 5.74) is 6.35. The molecule has 0 atom stereocenters. The molecule has 0 amide bonds. The number of aryl methyl sites for hydroxylation is 1. The summed E-state index contributed by atoms with van der Waals surface area (Å²) >= 11 is 0. The number of nitrogen functional groups attached to an aromatic ring is 1. The van der Waals surface area contributed by atoms with Crippen molar-refractivity contribution in [1.82, 2.24) is 9.55 Å². The Kier molecular flexibility index (Phi) is 5.21. The number of benzene rings is 1. The lowest BCUT2D eigenvalue weighted by Crippen LogP contribution is -2.19. The van der Waals surface area contributed by atoms with Gasteiger partial charge in [-0.25, -0.2) is 9.37 Å². The highest BCUT2D eigenvalue weighted by atomic mass is 19.1. The first-order chi connectivity index (χ1) is 12.5. The molecule has 0 radical (unpaired) electrons. The maximum Gasteiger partial charge on any atom is 0.258 e. The van der Waals surface area contributed by atoms with E-state index in [-0.39, 0.29) is 11.4 Å². The molecule has 2 heterocycles. The van der Waals surface area contributed by atoms with Gasteiger partial charge < -0.3 is 15.0 Å². The van der Waals surface area contributed by atoms with Gasteiger partial charge in [-0.2, -0.15) is 0 Å². The zero-order chi connectivity index (χ0) is 18.7. The molecular weight excluding hydrogens is 333 g/mol. The van der Waals surface area contributed by atoms with E-state index in [0.717, 1.165) is 19.3 Å². The van der Waals surface area contributed by atoms with Crippen molar-refractivity contribution in [1.29, 1.82) is 0 Å². The van der Waals surface area contributed by atoms with Crippen LogP contribution in [0.1, 0.15) is 26.2 Å². The molecule has 136 valence electrons. The molecule has 3 rings (SSSR count). The number of rotatable bonds is 6. The van der Waals surface area contributed by atoms with Gasteiger partial charge in [0, 0.05) is 18.3 Å². The van der Waals surface area contributed by atoms with Gasteiger partial charge in [0.15, 0.2) is 11.6 Å². The van der Waals surface area contributed by atoms with Gasteiger partial charge in [0.2, 0.25) is 0 Å². The predicted molar refractivity (Wildman–Crippen MR) is 102 cm³/mol. The number of halogens is 1. The summed E-state index contributed by atoms with van der Waals surface area (Å²) in [5, 5.41) is 1.04. The minimum atomic E-state index is -0.502. The summed E-state index contributed by atoms with van der Waals surface area (Å²) in [6.45, 7) is 2.75. The van der Waals surface area contributed by atoms with Crippen LogP contribution in [0.2, 0.25) is 0 Å². The fraction of sp³-hybridized carbons (Fsp3) is 0.300. The lowest BCUT2D eigenvalue weighted by atomic mass is 10.0. The molecule has 0 saturated heterocycles. The molecule has 0 aliphatic carbocycles. The number of fused-ring (bicyclic) bond motifs is 1. The Hall–Kier alpha value is -2.89. The maximum atomic E-state index is 14.7. The third-order valence-corrected chi connectivity index (χ3v) is 4.45. The number of methoxy groups -OCH3 is 1. The molecule has 6 heteroatoms. The van der Waals surface area contributed by atoms with E-state index in [4.69, 9.17) is 10.5 Å². The molecule has 0 bridgehead atoms. The van der Waals surface area contributed by atoms with E-state index in [2.05, 4.69) is 11.9 Å². The Labute approximate surface area is 151 Å². The van der Waals surface area contributed by atoms with Gasteiger partial charge in [-0.3, -0.25) is 4.79 Å². The molecule has 5 nitrogen and oxygen atoms in total. The molecule has 3 aromatic rings. The van der Waals surface area contributed by atoms with Crippen LogP contribution in [-0.2, 0) is 6.54 Å². The second-order valence-electron chi connectivity index (χ2n) is 6.22. The van der Waals surface area contributed by atoms with Crippen LogP contribution in [0, 0.1) is 5.82 Å². The average molecular weight is 355 g/mol. The molecular formula is C20H22FN3O2. The van der Waals surface area contributed by atoms with Crippen LogP contribution < -0.4 is 16.0 Å². The lowest BCUT2D eigenvalue weighted by molar-refractivity contribution is 0.415. The molecule has 2 N–H and O–H groups in total. The van der Waals surface area contributed by atoms with Crippen LogP contribution in [0.15, 0.2) is 41.3 Å². The van der Waals surface area contributed by atoms with E-state index in [0.29, 0.717) is 34.3 Å². The topological polar surface area (TPSA) is 70.1 Å². The van der Waals surface area contributed by atoms with Gasteiger partial charge in [0.05, 0.1) is 18.2 Å². The molecule has 1 aromatic carbocycles. The molecule has 26 heavy (non-hydrogen) atoms. The molecule has 2 aromatic heterocycles. The average Bonchev–Trinajstić information content (AvgIpc) is 2.64. The fourth-order valence-electron chi connectivity index (χ4n) is 3.00. The highest BCUT2D eigenvalue weighted by molar-refractivity contribution is 5.86. The first-order valence-electron chi connectivity index (χ1n) is 8.68. The van der Waals surface area contributed by atoms with Crippen molar-refractivity contribution in [2.24, 2.45) is 0 Å². The summed E-state index contributed by atoms with van der Waals surface area (Å²) in [4.78, 5) is 16.8. The minimum Gasteiger partial charge on any atom is -0.493 e. The zero-order valence-corrected chi connectivity index (χ0v) is 15.0. The van der Waals surface area contributed by atoms with Crippen molar-refractivity contribution in [3.8, 4) is 17.0 Å². The molecule has 0 fully saturated rings. The molecule has 0 aliphatic heterocycles. The third-order valence-electron chi connectivity index (χ3n) is 4.45. The Morgan fingerprint density at radius 1 is 1.23 bits per heavy atom. The van der Waals surface area contributed by atoms with Gasteiger partial charge in [0.1, 0.15) is 5.82 Å². The van der Waals surface area contributed by atoms with E-state index >= 15 is 0 Å². The zero-order valence-electron chi connectivity index (χ0n) is 15.0. The number of unbranched alkanes of at least 4 members (excludes halogenated alkanes) is 2. The Morgan fingerprint density at radius 3 is 2.73 bits per heavy atom. The number of aromatic nitrogens is 2. The largest absolute Gasteiger partial charge is 0.493 e. The molecule has 0 saturated carbocycles. The number of nitrogens with zero attached hydrogens (tertiary/aromatic N) is 2. The first-order valence-corrected chi connectivity index (χ1v) is 8.68. The summed E-state index contributed by atoms with van der Waals surface area (Å²) in [7, 11) is 1.50. The van der Waals surface area contributed by atoms with E-state index in [9.17, 15) is 9.18 Å². The van der Waals surface area contributed by atoms with Gasteiger partial charge in [-0.1, -0.05) is 19.8 Å². The molecule has 0 aliphatic rings. The Balaban J connectivity index is 2.04. The molecule has 0 spiro atoms. The normalized spacial score (nSPS) is 11.0. The summed E-state index contributed by atoms with van der Waals surface area (Å²) in [6, 6.07) is 8.04. The summed E-state index contributed by atoms with van der Waals surface area (Å²) < 4.78 is 21.4. The van der Waals surface area contributed by atoms with Crippen LogP contribution >= 0.6 is 0 Å². The van der Waals surface area contributed by atoms with E-state index in [1.165, 1.54) is 13.2 Å². The lowest BCUT2D eigenvalue weighted by Gasteiger charge is -2.10. The van der Waals surface area contributed by atoms with E-state index < -0.39 is 5.82 Å². The van der Waals surface area contributed by atoms with E-state index in [1.807, 2.05) is 6.07 Å². The van der Waals surface area contributed by atoms with Crippen LogP contribution in [-0.4, -0.2) is 16.7 Å². The summed E-state index contributed by atoms with van der Waals surface area (Å²) in [5.74, 6) is 0.124. The number of hydrogen-bond acceptors (Lipinski definition) is 4. The van der Waals surface area contributed by atoms with E-state index in [1.54, 1.807) is 29.0 Å².